The lowest BCUT2D eigenvalue weighted by atomic mass is 9.76. The second kappa shape index (κ2) is 12.8. The molecule has 5 aromatic rings. The van der Waals surface area contributed by atoms with Gasteiger partial charge in [-0.25, -0.2) is 9.98 Å². The second-order valence-corrected chi connectivity index (χ2v) is 15.5. The van der Waals surface area contributed by atoms with Crippen molar-refractivity contribution in [1.82, 2.24) is 5.32 Å². The van der Waals surface area contributed by atoms with Gasteiger partial charge in [0.1, 0.15) is 41.4 Å². The molecule has 1 N–H and O–H groups in total. The molecule has 0 amide bonds. The SMILES string of the molecule is C1=CC2OC3=C(N4c5ccccc5C5=CC=C6c7ccccc7OC6C54)C=CCC3C2C(C2=NC(c3cccc(-c4ccccc4)c3)N=C(c3ccccc3)N2)=C1. The largest absolute Gasteiger partial charge is 0.488 e. The summed E-state index contributed by atoms with van der Waals surface area (Å²) in [4.78, 5) is 13.1. The molecule has 6 nitrogen and oxygen atoms in total. The van der Waals surface area contributed by atoms with E-state index in [2.05, 4.69) is 180 Å². The second-order valence-electron chi connectivity index (χ2n) is 15.5. The zero-order chi connectivity index (χ0) is 37.5. The van der Waals surface area contributed by atoms with Crippen LogP contribution >= 0.6 is 0 Å². The summed E-state index contributed by atoms with van der Waals surface area (Å²) in [5, 5.41) is 3.71. The number of allylic oxidation sites excluding steroid dienone is 7. The van der Waals surface area contributed by atoms with E-state index in [-0.39, 0.29) is 30.1 Å². The first-order chi connectivity index (χ1) is 28.3. The van der Waals surface area contributed by atoms with Crippen molar-refractivity contribution in [2.45, 2.75) is 30.8 Å². The summed E-state index contributed by atoms with van der Waals surface area (Å²) in [5.74, 6) is 3.82. The number of benzene rings is 5. The number of nitrogens with one attached hydrogen (secondary N) is 1. The standard InChI is InChI=1S/C51H38N4O2/c1-3-14-31(15-4-1)33-18-11-19-34(30-33)50-52-49(32-16-5-2-6-17-32)53-51(54-50)40-23-13-27-44-45(40)39-22-12-25-42(47(39)57-44)55-41-24-9-7-20-35(41)37-28-29-38-36-21-8-10-26-43(36)56-48(38)46(37)55/h1-21,23-30,39,44-46,48,50H,22H2,(H,52,53,54). The Balaban J connectivity index is 0.935. The van der Waals surface area contributed by atoms with Crippen LogP contribution in [0.1, 0.15) is 34.8 Å². The van der Waals surface area contributed by atoms with Crippen LogP contribution in [0.25, 0.3) is 22.3 Å². The van der Waals surface area contributed by atoms with Gasteiger partial charge >= 0.3 is 0 Å². The predicted octanol–water partition coefficient (Wildman–Crippen LogP) is 10.2. The maximum absolute atomic E-state index is 7.14. The van der Waals surface area contributed by atoms with E-state index >= 15 is 0 Å². The fourth-order valence-corrected chi connectivity index (χ4v) is 9.88. The highest BCUT2D eigenvalue weighted by Crippen LogP contribution is 2.55. The minimum Gasteiger partial charge on any atom is -0.488 e. The third-order valence-electron chi connectivity index (χ3n) is 12.4. The Morgan fingerprint density at radius 3 is 2.25 bits per heavy atom. The first-order valence-corrected chi connectivity index (χ1v) is 19.9. The monoisotopic (exact) mass is 738 g/mol. The van der Waals surface area contributed by atoms with Gasteiger partial charge in [-0.3, -0.25) is 0 Å². The van der Waals surface area contributed by atoms with Gasteiger partial charge in [0.2, 0.25) is 0 Å². The van der Waals surface area contributed by atoms with E-state index in [4.69, 9.17) is 19.5 Å². The van der Waals surface area contributed by atoms with Gasteiger partial charge in [-0.15, -0.1) is 0 Å². The summed E-state index contributed by atoms with van der Waals surface area (Å²) < 4.78 is 14.0. The Labute approximate surface area is 331 Å². The number of hydrogen-bond donors (Lipinski definition) is 1. The van der Waals surface area contributed by atoms with Gasteiger partial charge in [0.25, 0.3) is 0 Å². The van der Waals surface area contributed by atoms with Gasteiger partial charge in [-0.05, 0) is 59.0 Å². The van der Waals surface area contributed by atoms with Crippen LogP contribution in [-0.4, -0.2) is 29.9 Å². The van der Waals surface area contributed by atoms with Crippen LogP contribution in [0, 0.1) is 11.8 Å². The van der Waals surface area contributed by atoms with E-state index in [9.17, 15) is 0 Å². The molecule has 1 saturated heterocycles. The van der Waals surface area contributed by atoms with Gasteiger partial charge in [0.15, 0.2) is 6.17 Å². The van der Waals surface area contributed by atoms with Gasteiger partial charge < -0.3 is 19.7 Å². The molecular formula is C51H38N4O2. The summed E-state index contributed by atoms with van der Waals surface area (Å²) in [6, 6.07) is 46.7. The van der Waals surface area contributed by atoms with Crippen LogP contribution in [0.2, 0.25) is 0 Å². The highest BCUT2D eigenvalue weighted by Gasteiger charge is 2.52. The van der Waals surface area contributed by atoms with Gasteiger partial charge in [-0.1, -0.05) is 146 Å². The molecular weight excluding hydrogens is 701 g/mol. The summed E-state index contributed by atoms with van der Waals surface area (Å²) in [6.07, 6.45) is 16.0. The average molecular weight is 739 g/mol. The van der Waals surface area contributed by atoms with Crippen LogP contribution in [0.3, 0.4) is 0 Å². The fraction of sp³-hybridized carbons (Fsp3) is 0.137. The molecule has 4 heterocycles. The summed E-state index contributed by atoms with van der Waals surface area (Å²) >= 11 is 0. The predicted molar refractivity (Wildman–Crippen MR) is 228 cm³/mol. The molecule has 0 saturated carbocycles. The van der Waals surface area contributed by atoms with E-state index in [0.717, 1.165) is 57.6 Å². The molecule has 4 aliphatic heterocycles. The van der Waals surface area contributed by atoms with Crippen molar-refractivity contribution >= 4 is 28.5 Å². The van der Waals surface area contributed by atoms with Crippen molar-refractivity contribution in [2.75, 3.05) is 4.90 Å². The molecule has 0 spiro atoms. The van der Waals surface area contributed by atoms with Crippen molar-refractivity contribution in [3.05, 3.63) is 215 Å². The molecule has 0 bridgehead atoms. The van der Waals surface area contributed by atoms with Crippen molar-refractivity contribution in [1.29, 1.82) is 0 Å². The molecule has 0 radical (unpaired) electrons. The Morgan fingerprint density at radius 2 is 1.37 bits per heavy atom. The van der Waals surface area contributed by atoms with Gasteiger partial charge in [0.05, 0.1) is 5.70 Å². The van der Waals surface area contributed by atoms with Crippen molar-refractivity contribution in [3.8, 4) is 16.9 Å². The molecule has 1 fully saturated rings. The number of amidine groups is 2. The minimum absolute atomic E-state index is 0.0288. The average Bonchev–Trinajstić information content (AvgIpc) is 3.97. The third-order valence-corrected chi connectivity index (χ3v) is 12.4. The molecule has 0 aromatic heterocycles. The zero-order valence-electron chi connectivity index (χ0n) is 31.1. The topological polar surface area (TPSA) is 58.5 Å². The molecule has 57 heavy (non-hydrogen) atoms. The van der Waals surface area contributed by atoms with E-state index < -0.39 is 6.17 Å². The third kappa shape index (κ3) is 5.10. The Kier molecular flexibility index (Phi) is 7.27. The van der Waals surface area contributed by atoms with Crippen LogP contribution in [0.5, 0.6) is 5.75 Å². The number of hydrogen-bond acceptors (Lipinski definition) is 6. The Morgan fingerprint density at radius 1 is 0.632 bits per heavy atom. The highest BCUT2D eigenvalue weighted by atomic mass is 16.5. The van der Waals surface area contributed by atoms with Crippen molar-refractivity contribution in [3.63, 3.8) is 0 Å². The van der Waals surface area contributed by atoms with E-state index in [1.807, 2.05) is 6.07 Å². The lowest BCUT2D eigenvalue weighted by molar-refractivity contribution is 0.180. The first-order valence-electron chi connectivity index (χ1n) is 19.9. The number of ether oxygens (including phenoxy) is 2. The summed E-state index contributed by atoms with van der Waals surface area (Å²) in [7, 11) is 0. The van der Waals surface area contributed by atoms with Crippen LogP contribution in [-0.2, 0) is 4.74 Å². The number of rotatable bonds is 5. The maximum Gasteiger partial charge on any atom is 0.169 e. The van der Waals surface area contributed by atoms with Crippen LogP contribution < -0.4 is 15.0 Å². The molecule has 3 aliphatic carbocycles. The zero-order valence-corrected chi connectivity index (χ0v) is 31.1. The lowest BCUT2D eigenvalue weighted by Crippen LogP contribution is -2.44. The molecule has 5 aromatic carbocycles. The fourth-order valence-electron chi connectivity index (χ4n) is 9.88. The van der Waals surface area contributed by atoms with E-state index in [0.29, 0.717) is 0 Å². The normalized spacial score (nSPS) is 25.8. The van der Waals surface area contributed by atoms with Crippen LogP contribution in [0.4, 0.5) is 5.69 Å². The smallest absolute Gasteiger partial charge is 0.169 e. The quantitative estimate of drug-likeness (QED) is 0.195. The molecule has 6 atom stereocenters. The van der Waals surface area contributed by atoms with E-state index in [1.54, 1.807) is 0 Å². The lowest BCUT2D eigenvalue weighted by Gasteiger charge is -2.36. The molecule has 274 valence electrons. The molecule has 6 heteroatoms. The number of para-hydroxylation sites is 2. The number of anilines is 1. The van der Waals surface area contributed by atoms with Crippen molar-refractivity contribution < 1.29 is 9.47 Å². The number of nitrogens with zero attached hydrogens (tertiary/aromatic N) is 3. The molecule has 12 rings (SSSR count). The van der Waals surface area contributed by atoms with Gasteiger partial charge in [-0.2, -0.15) is 0 Å². The summed E-state index contributed by atoms with van der Waals surface area (Å²) in [6.45, 7) is 0. The van der Waals surface area contributed by atoms with Crippen molar-refractivity contribution in [2.24, 2.45) is 21.8 Å². The highest BCUT2D eigenvalue weighted by molar-refractivity contribution is 6.16. The minimum atomic E-state index is -0.417. The number of fused-ring (bicyclic) bond motifs is 10. The molecule has 7 aliphatic rings. The Bertz CT molecular complexity index is 2740. The summed E-state index contributed by atoms with van der Waals surface area (Å²) in [5.41, 5.74) is 12.8. The Hall–Kier alpha value is -6.92. The first kappa shape index (κ1) is 32.3. The number of aliphatic imine (C=N–C) groups is 2. The van der Waals surface area contributed by atoms with Gasteiger partial charge in [0, 0.05) is 45.4 Å². The molecule has 6 unspecified atom stereocenters. The maximum atomic E-state index is 7.14. The van der Waals surface area contributed by atoms with E-state index in [1.165, 1.54) is 33.5 Å². The van der Waals surface area contributed by atoms with Crippen LogP contribution in [0.15, 0.2) is 203 Å².